The van der Waals surface area contributed by atoms with Gasteiger partial charge in [-0.15, -0.1) is 0 Å². The lowest BCUT2D eigenvalue weighted by Crippen LogP contribution is -2.65. The molecule has 4 aliphatic rings. The lowest BCUT2D eigenvalue weighted by molar-refractivity contribution is -0.212. The molecule has 2 saturated carbocycles. The maximum atomic E-state index is 12.9. The summed E-state index contributed by atoms with van der Waals surface area (Å²) in [6, 6.07) is 0. The van der Waals surface area contributed by atoms with Gasteiger partial charge in [-0.3, -0.25) is 4.79 Å². The fourth-order valence-corrected chi connectivity index (χ4v) is 6.96. The van der Waals surface area contributed by atoms with E-state index >= 15 is 0 Å². The molecule has 0 aromatic rings. The average Bonchev–Trinajstić information content (AvgIpc) is 3.06. The van der Waals surface area contributed by atoms with E-state index in [9.17, 15) is 25.2 Å². The molecule has 0 spiro atoms. The van der Waals surface area contributed by atoms with Crippen LogP contribution < -0.4 is 0 Å². The Bertz CT molecular complexity index is 855. The Balaban J connectivity index is 1.94. The first-order chi connectivity index (χ1) is 13.3. The molecule has 0 aromatic heterocycles. The lowest BCUT2D eigenvalue weighted by atomic mass is 9.59. The van der Waals surface area contributed by atoms with Crippen molar-refractivity contribution in [2.24, 2.45) is 29.1 Å². The van der Waals surface area contributed by atoms with Crippen molar-refractivity contribution in [1.82, 2.24) is 0 Å². The maximum absolute atomic E-state index is 12.9. The molecule has 0 bridgehead atoms. The topological polar surface area (TPSA) is 107 Å². The highest BCUT2D eigenvalue weighted by Gasteiger charge is 2.86. The van der Waals surface area contributed by atoms with Crippen molar-refractivity contribution in [3.05, 3.63) is 35.6 Å². The molecule has 160 valence electrons. The number of aliphatic hydroxyl groups excluding tert-OH is 2. The molecule has 8 unspecified atom stereocenters. The van der Waals surface area contributed by atoms with Gasteiger partial charge in [-0.05, 0) is 25.0 Å². The van der Waals surface area contributed by atoms with Crippen molar-refractivity contribution in [3.63, 3.8) is 0 Å². The van der Waals surface area contributed by atoms with Crippen LogP contribution in [0.4, 0.5) is 0 Å². The van der Waals surface area contributed by atoms with Gasteiger partial charge in [0.25, 0.3) is 0 Å². The minimum Gasteiger partial charge on any atom is -0.489 e. The maximum Gasteiger partial charge on any atom is 0.190 e. The molecule has 0 saturated heterocycles. The lowest BCUT2D eigenvalue weighted by Gasteiger charge is -2.52. The quantitative estimate of drug-likeness (QED) is 0.419. The Morgan fingerprint density at radius 1 is 1.31 bits per heavy atom. The highest BCUT2D eigenvalue weighted by molar-refractivity contribution is 6.04. The predicted molar refractivity (Wildman–Crippen MR) is 107 cm³/mol. The summed E-state index contributed by atoms with van der Waals surface area (Å²) in [5.74, 6) is -2.28. The van der Waals surface area contributed by atoms with Gasteiger partial charge in [0.05, 0.1) is 24.1 Å². The van der Waals surface area contributed by atoms with Crippen LogP contribution in [0.25, 0.3) is 0 Å². The summed E-state index contributed by atoms with van der Waals surface area (Å²) in [5.41, 5.74) is -3.88. The van der Waals surface area contributed by atoms with Gasteiger partial charge in [0.2, 0.25) is 0 Å². The smallest absolute Gasteiger partial charge is 0.190 e. The van der Waals surface area contributed by atoms with Crippen molar-refractivity contribution >= 4 is 5.78 Å². The zero-order chi connectivity index (χ0) is 21.7. The molecule has 6 nitrogen and oxygen atoms in total. The second-order valence-electron chi connectivity index (χ2n) is 10.2. The third-order valence-corrected chi connectivity index (χ3v) is 8.34. The molecule has 29 heavy (non-hydrogen) atoms. The third kappa shape index (κ3) is 2.18. The third-order valence-electron chi connectivity index (χ3n) is 8.34. The van der Waals surface area contributed by atoms with Crippen LogP contribution in [-0.4, -0.2) is 55.7 Å². The van der Waals surface area contributed by atoms with E-state index in [4.69, 9.17) is 4.74 Å². The van der Waals surface area contributed by atoms with E-state index in [2.05, 4.69) is 6.58 Å². The number of aliphatic hydroxyl groups is 4. The Hall–Kier alpha value is -1.47. The van der Waals surface area contributed by atoms with Gasteiger partial charge < -0.3 is 25.2 Å². The van der Waals surface area contributed by atoms with Crippen LogP contribution in [0.1, 0.15) is 41.0 Å². The van der Waals surface area contributed by atoms with Crippen LogP contribution in [-0.2, 0) is 9.53 Å². The summed E-state index contributed by atoms with van der Waals surface area (Å²) in [4.78, 5) is 12.9. The van der Waals surface area contributed by atoms with Crippen LogP contribution >= 0.6 is 0 Å². The fraction of sp³-hybridized carbons (Fsp3) is 0.696. The Labute approximate surface area is 171 Å². The van der Waals surface area contributed by atoms with Crippen LogP contribution in [0.5, 0.6) is 0 Å². The van der Waals surface area contributed by atoms with E-state index in [-0.39, 0.29) is 18.9 Å². The van der Waals surface area contributed by atoms with E-state index in [1.165, 1.54) is 0 Å². The minimum absolute atomic E-state index is 0.0377. The number of hydrogen-bond acceptors (Lipinski definition) is 6. The summed E-state index contributed by atoms with van der Waals surface area (Å²) in [6.07, 6.45) is 2.40. The Kier molecular flexibility index (Phi) is 4.17. The molecule has 0 heterocycles. The standard InChI is InChI=1S/C23H32O6/c1-11(2)29-23-17(20(23,5)6)15-8-14(10-24)9-21(27)16(7-12(3)18(21)25)22(15,28)13(4)19(23)26/h7-8,13,15-17,19,24,26-28H,1,9-10H2,2-6H3. The summed E-state index contributed by atoms with van der Waals surface area (Å²) >= 11 is 0. The number of ketones is 1. The number of hydrogen-bond donors (Lipinski definition) is 4. The zero-order valence-corrected chi connectivity index (χ0v) is 17.8. The first kappa shape index (κ1) is 20.8. The van der Waals surface area contributed by atoms with Crippen LogP contribution in [0.3, 0.4) is 0 Å². The van der Waals surface area contributed by atoms with Gasteiger partial charge >= 0.3 is 0 Å². The number of ether oxygens (including phenoxy) is 1. The molecule has 2 fully saturated rings. The summed E-state index contributed by atoms with van der Waals surface area (Å²) in [6.45, 7) is 12.6. The zero-order valence-electron chi connectivity index (χ0n) is 17.8. The first-order valence-electron chi connectivity index (χ1n) is 10.3. The molecular formula is C23H32O6. The monoisotopic (exact) mass is 404 g/mol. The molecular weight excluding hydrogens is 372 g/mol. The second kappa shape index (κ2) is 5.82. The van der Waals surface area contributed by atoms with Crippen LogP contribution in [0.15, 0.2) is 35.6 Å². The number of Topliss-reactive ketones (excluding diaryl/α,β-unsaturated/α-hetero) is 1. The van der Waals surface area contributed by atoms with Crippen molar-refractivity contribution < 1.29 is 30.0 Å². The molecule has 4 rings (SSSR count). The number of carbonyl (C=O) groups excluding carboxylic acids is 1. The van der Waals surface area contributed by atoms with Gasteiger partial charge in [-0.25, -0.2) is 0 Å². The molecule has 8 atom stereocenters. The van der Waals surface area contributed by atoms with E-state index < -0.39 is 51.9 Å². The summed E-state index contributed by atoms with van der Waals surface area (Å²) in [7, 11) is 0. The summed E-state index contributed by atoms with van der Waals surface area (Å²) < 4.78 is 6.14. The SMILES string of the molecule is C=C(C)OC12C(O)C(C)C3(O)C(C=C(CO)CC4(O)C(=O)C(C)=CC43)C1C2(C)C. The van der Waals surface area contributed by atoms with E-state index in [1.54, 1.807) is 26.8 Å². The van der Waals surface area contributed by atoms with E-state index in [1.807, 2.05) is 19.9 Å². The van der Waals surface area contributed by atoms with Crippen molar-refractivity contribution in [2.45, 2.75) is 63.9 Å². The molecule has 0 aromatic carbocycles. The van der Waals surface area contributed by atoms with Gasteiger partial charge in [0.15, 0.2) is 5.78 Å². The molecule has 4 aliphatic carbocycles. The van der Waals surface area contributed by atoms with Crippen LogP contribution in [0.2, 0.25) is 0 Å². The first-order valence-corrected chi connectivity index (χ1v) is 10.3. The van der Waals surface area contributed by atoms with Gasteiger partial charge in [-0.1, -0.05) is 39.5 Å². The second-order valence-corrected chi connectivity index (χ2v) is 10.2. The van der Waals surface area contributed by atoms with Crippen LogP contribution in [0, 0.1) is 29.1 Å². The minimum atomic E-state index is -1.83. The van der Waals surface area contributed by atoms with Crippen molar-refractivity contribution in [3.8, 4) is 0 Å². The van der Waals surface area contributed by atoms with E-state index in [0.29, 0.717) is 16.9 Å². The van der Waals surface area contributed by atoms with Crippen molar-refractivity contribution in [1.29, 1.82) is 0 Å². The molecule has 6 heteroatoms. The normalized spacial score (nSPS) is 49.8. The Morgan fingerprint density at radius 3 is 2.48 bits per heavy atom. The molecule has 0 aliphatic heterocycles. The number of carbonyl (C=O) groups is 1. The average molecular weight is 405 g/mol. The van der Waals surface area contributed by atoms with Crippen molar-refractivity contribution in [2.75, 3.05) is 6.61 Å². The largest absolute Gasteiger partial charge is 0.489 e. The predicted octanol–water partition coefficient (Wildman–Crippen LogP) is 1.49. The molecule has 0 amide bonds. The van der Waals surface area contributed by atoms with E-state index in [0.717, 1.165) is 0 Å². The molecule has 0 radical (unpaired) electrons. The number of fused-ring (bicyclic) bond motifs is 5. The fourth-order valence-electron chi connectivity index (χ4n) is 6.96. The molecule has 4 N–H and O–H groups in total. The Morgan fingerprint density at radius 2 is 1.93 bits per heavy atom. The highest BCUT2D eigenvalue weighted by Crippen LogP contribution is 2.76. The van der Waals surface area contributed by atoms with Gasteiger partial charge in [-0.2, -0.15) is 0 Å². The van der Waals surface area contributed by atoms with Gasteiger partial charge in [0, 0.05) is 35.5 Å². The number of rotatable bonds is 3. The van der Waals surface area contributed by atoms with Gasteiger partial charge in [0.1, 0.15) is 11.2 Å². The summed E-state index contributed by atoms with van der Waals surface area (Å²) in [5, 5.41) is 44.9. The number of allylic oxidation sites excluding steroid dienone is 1. The highest BCUT2D eigenvalue weighted by atomic mass is 16.5.